The number of fused-ring (bicyclic) bond motifs is 4. The lowest BCUT2D eigenvalue weighted by atomic mass is 9.75. The quantitative estimate of drug-likeness (QED) is 0.395. The van der Waals surface area contributed by atoms with Crippen LogP contribution in [0.4, 0.5) is 4.79 Å². The Hall–Kier alpha value is -3.46. The molecule has 0 saturated carbocycles. The molecule has 1 aromatic rings. The molecule has 2 aliphatic heterocycles. The Balaban J connectivity index is 1.24. The van der Waals surface area contributed by atoms with Gasteiger partial charge < -0.3 is 9.74 Å². The Labute approximate surface area is 203 Å². The van der Waals surface area contributed by atoms with Crippen LogP contribution < -0.4 is 5.48 Å². The highest BCUT2D eigenvalue weighted by molar-refractivity contribution is 6.07. The lowest BCUT2D eigenvalue weighted by molar-refractivity contribution is -0.207. The van der Waals surface area contributed by atoms with Crippen molar-refractivity contribution in [3.8, 4) is 0 Å². The minimum absolute atomic E-state index is 0.120. The monoisotopic (exact) mass is 479 g/mol. The van der Waals surface area contributed by atoms with E-state index in [1.165, 1.54) is 4.90 Å². The minimum Gasteiger partial charge on any atom is -0.328 e. The van der Waals surface area contributed by atoms with E-state index in [1.54, 1.807) is 0 Å². The first kappa shape index (κ1) is 23.3. The van der Waals surface area contributed by atoms with Gasteiger partial charge in [0.15, 0.2) is 0 Å². The summed E-state index contributed by atoms with van der Waals surface area (Å²) in [6.07, 6.45) is 9.72. The second kappa shape index (κ2) is 10.0. The topological polar surface area (TPSA) is 105 Å². The maximum absolute atomic E-state index is 13.2. The zero-order chi connectivity index (χ0) is 24.4. The number of urea groups is 1. The lowest BCUT2D eigenvalue weighted by Gasteiger charge is -2.36. The second-order valence-electron chi connectivity index (χ2n) is 9.52. The molecule has 35 heavy (non-hydrogen) atoms. The zero-order valence-corrected chi connectivity index (χ0v) is 19.4. The normalized spacial score (nSPS) is 27.7. The van der Waals surface area contributed by atoms with Gasteiger partial charge in [0, 0.05) is 24.5 Å². The van der Waals surface area contributed by atoms with Gasteiger partial charge in [0.05, 0.1) is 6.61 Å². The highest BCUT2D eigenvalue weighted by Crippen LogP contribution is 2.44. The highest BCUT2D eigenvalue weighted by Gasteiger charge is 2.47. The molecule has 0 aromatic heterocycles. The first-order valence-electron chi connectivity index (χ1n) is 12.2. The predicted octanol–water partition coefficient (Wildman–Crippen LogP) is 3.04. The number of hydrogen-bond donors (Lipinski definition) is 1. The van der Waals surface area contributed by atoms with Gasteiger partial charge in [0.2, 0.25) is 0 Å². The summed E-state index contributed by atoms with van der Waals surface area (Å²) in [6, 6.07) is 7.90. The number of allylic oxidation sites excluding steroid dienone is 3. The van der Waals surface area contributed by atoms with Crippen molar-refractivity contribution < 1.29 is 28.9 Å². The molecule has 2 heterocycles. The van der Waals surface area contributed by atoms with Gasteiger partial charge in [-0.2, -0.15) is 0 Å². The molecule has 184 valence electrons. The summed E-state index contributed by atoms with van der Waals surface area (Å²) in [4.78, 5) is 64.0. The van der Waals surface area contributed by atoms with E-state index in [1.807, 2.05) is 36.4 Å². The molecule has 2 saturated heterocycles. The standard InChI is InChI=1S/C26H29N3O6/c30-23-15-20-19-11-10-18(13-19)14-21(20)24(31)29(23)35-25(32)22-9-5-2-6-12-28(22)26(33)27-34-16-17-7-3-1-4-8-17/h1,3-4,7-8,10-11,14,18-20,22H,2,5-6,9,12-13,15-16H2,(H,27,33)/t18-,19+,20?,22+/m1/s1. The number of piperidine rings is 1. The average molecular weight is 480 g/mol. The van der Waals surface area contributed by atoms with E-state index < -0.39 is 29.9 Å². The number of nitrogens with zero attached hydrogens (tertiary/aromatic N) is 2. The molecule has 2 aliphatic carbocycles. The van der Waals surface area contributed by atoms with Crippen LogP contribution in [0.15, 0.2) is 54.1 Å². The number of amides is 4. The van der Waals surface area contributed by atoms with Crippen LogP contribution >= 0.6 is 0 Å². The van der Waals surface area contributed by atoms with Crippen molar-refractivity contribution in [2.24, 2.45) is 17.8 Å². The van der Waals surface area contributed by atoms with Crippen LogP contribution in [-0.4, -0.2) is 46.4 Å². The van der Waals surface area contributed by atoms with Crippen molar-refractivity contribution in [2.45, 2.75) is 51.2 Å². The van der Waals surface area contributed by atoms with Crippen molar-refractivity contribution >= 4 is 23.8 Å². The number of carbonyl (C=O) groups is 4. The summed E-state index contributed by atoms with van der Waals surface area (Å²) in [7, 11) is 0. The molecule has 1 aromatic carbocycles. The number of rotatable bonds is 5. The number of hydroxylamine groups is 3. The maximum Gasteiger partial charge on any atom is 0.355 e. The van der Waals surface area contributed by atoms with Gasteiger partial charge >= 0.3 is 12.0 Å². The minimum atomic E-state index is -0.922. The molecule has 4 atom stereocenters. The van der Waals surface area contributed by atoms with Crippen LogP contribution in [-0.2, 0) is 30.7 Å². The van der Waals surface area contributed by atoms with Crippen molar-refractivity contribution in [3.05, 3.63) is 59.7 Å². The fourth-order valence-electron chi connectivity index (χ4n) is 5.41. The van der Waals surface area contributed by atoms with Crippen molar-refractivity contribution in [2.75, 3.05) is 6.54 Å². The largest absolute Gasteiger partial charge is 0.355 e. The Morgan fingerprint density at radius 3 is 2.71 bits per heavy atom. The number of carbonyl (C=O) groups excluding carboxylic acids is 4. The van der Waals surface area contributed by atoms with Crippen LogP contribution in [0.5, 0.6) is 0 Å². The Bertz CT molecular complexity index is 1070. The molecule has 0 radical (unpaired) electrons. The van der Waals surface area contributed by atoms with E-state index in [0.29, 0.717) is 23.6 Å². The van der Waals surface area contributed by atoms with E-state index in [9.17, 15) is 19.2 Å². The first-order chi connectivity index (χ1) is 17.0. The number of imide groups is 1. The number of nitrogens with one attached hydrogen (secondary N) is 1. The molecule has 9 heteroatoms. The third-order valence-corrected chi connectivity index (χ3v) is 7.22. The van der Waals surface area contributed by atoms with Gasteiger partial charge in [0.1, 0.15) is 6.04 Å². The summed E-state index contributed by atoms with van der Waals surface area (Å²) in [5, 5.41) is 0.600. The van der Waals surface area contributed by atoms with Gasteiger partial charge in [0.25, 0.3) is 11.8 Å². The first-order valence-corrected chi connectivity index (χ1v) is 12.2. The van der Waals surface area contributed by atoms with E-state index in [2.05, 4.69) is 17.6 Å². The number of hydrogen-bond acceptors (Lipinski definition) is 6. The Kier molecular flexibility index (Phi) is 6.68. The third-order valence-electron chi connectivity index (χ3n) is 7.22. The van der Waals surface area contributed by atoms with Gasteiger partial charge in [-0.3, -0.25) is 14.4 Å². The van der Waals surface area contributed by atoms with Gasteiger partial charge in [-0.1, -0.05) is 66.5 Å². The fraction of sp³-hybridized carbons (Fsp3) is 0.462. The average Bonchev–Trinajstić information content (AvgIpc) is 3.08. The van der Waals surface area contributed by atoms with Crippen molar-refractivity contribution in [1.82, 2.24) is 15.4 Å². The molecule has 9 nitrogen and oxygen atoms in total. The molecular weight excluding hydrogens is 450 g/mol. The van der Waals surface area contributed by atoms with Gasteiger partial charge in [-0.25, -0.2) is 15.1 Å². The summed E-state index contributed by atoms with van der Waals surface area (Å²) in [6.45, 7) is 0.518. The highest BCUT2D eigenvalue weighted by atomic mass is 16.7. The summed E-state index contributed by atoms with van der Waals surface area (Å²) in [5.41, 5.74) is 3.83. The molecule has 2 bridgehead atoms. The Morgan fingerprint density at radius 1 is 1.06 bits per heavy atom. The molecule has 0 spiro atoms. The second-order valence-corrected chi connectivity index (χ2v) is 9.52. The van der Waals surface area contributed by atoms with E-state index in [-0.39, 0.29) is 30.8 Å². The summed E-state index contributed by atoms with van der Waals surface area (Å²) >= 11 is 0. The Morgan fingerprint density at radius 2 is 1.89 bits per heavy atom. The number of benzene rings is 1. The molecule has 1 N–H and O–H groups in total. The number of likely N-dealkylation sites (tertiary alicyclic amines) is 1. The maximum atomic E-state index is 13.2. The molecule has 4 aliphatic rings. The van der Waals surface area contributed by atoms with E-state index in [4.69, 9.17) is 9.68 Å². The van der Waals surface area contributed by atoms with Crippen LogP contribution in [0.25, 0.3) is 0 Å². The van der Waals surface area contributed by atoms with Crippen LogP contribution in [0, 0.1) is 17.8 Å². The molecule has 4 amide bonds. The summed E-state index contributed by atoms with van der Waals surface area (Å²) in [5.74, 6) is -1.71. The molecule has 1 unspecified atom stereocenters. The lowest BCUT2D eigenvalue weighted by Crippen LogP contribution is -2.53. The fourth-order valence-corrected chi connectivity index (χ4v) is 5.41. The van der Waals surface area contributed by atoms with Crippen LogP contribution in [0.3, 0.4) is 0 Å². The van der Waals surface area contributed by atoms with E-state index in [0.717, 1.165) is 31.2 Å². The smallest absolute Gasteiger partial charge is 0.328 e. The van der Waals surface area contributed by atoms with Crippen molar-refractivity contribution in [1.29, 1.82) is 0 Å². The van der Waals surface area contributed by atoms with Gasteiger partial charge in [-0.15, -0.1) is 0 Å². The molecule has 2 fully saturated rings. The molecule has 5 rings (SSSR count). The molecular formula is C26H29N3O6. The SMILES string of the molecule is O=C(ON1C(=O)CC2C(=C[C@@H]3C=C[C@H]2C3)C1=O)[C@@H]1CCCCCN1C(=O)NOCc1ccccc1. The van der Waals surface area contributed by atoms with Gasteiger partial charge in [-0.05, 0) is 36.7 Å². The van der Waals surface area contributed by atoms with Crippen molar-refractivity contribution in [3.63, 3.8) is 0 Å². The zero-order valence-electron chi connectivity index (χ0n) is 19.4. The predicted molar refractivity (Wildman–Crippen MR) is 124 cm³/mol. The summed E-state index contributed by atoms with van der Waals surface area (Å²) < 4.78 is 0. The van der Waals surface area contributed by atoms with Crippen LogP contribution in [0.1, 0.15) is 44.1 Å². The van der Waals surface area contributed by atoms with E-state index >= 15 is 0 Å². The van der Waals surface area contributed by atoms with Crippen LogP contribution in [0.2, 0.25) is 0 Å². The third kappa shape index (κ3) is 4.86.